The van der Waals surface area contributed by atoms with E-state index in [1.54, 1.807) is 29.1 Å². The van der Waals surface area contributed by atoms with E-state index in [1.807, 2.05) is 0 Å². The van der Waals surface area contributed by atoms with Gasteiger partial charge >= 0.3 is 0 Å². The summed E-state index contributed by atoms with van der Waals surface area (Å²) in [6.45, 7) is 0.428. The van der Waals surface area contributed by atoms with Crippen LogP contribution >= 0.6 is 0 Å². The Balaban J connectivity index is 1.86. The third-order valence-corrected chi connectivity index (χ3v) is 2.79. The van der Waals surface area contributed by atoms with Crippen LogP contribution in [0.25, 0.3) is 0 Å². The highest BCUT2D eigenvalue weighted by Gasteiger charge is 2.12. The molecule has 0 bridgehead atoms. The molecular formula is C14H16N3O4+. The van der Waals surface area contributed by atoms with Gasteiger partial charge in [-0.15, -0.1) is 0 Å². The first-order valence-corrected chi connectivity index (χ1v) is 6.34. The Hall–Kier alpha value is -2.67. The van der Waals surface area contributed by atoms with Crippen molar-refractivity contribution in [3.63, 3.8) is 0 Å². The molecule has 1 atom stereocenters. The molecule has 0 aliphatic rings. The molecule has 1 aromatic heterocycles. The van der Waals surface area contributed by atoms with Crippen LogP contribution in [0.2, 0.25) is 0 Å². The molecule has 7 nitrogen and oxygen atoms in total. The number of aliphatic hydroxyl groups is 1. The summed E-state index contributed by atoms with van der Waals surface area (Å²) < 4.78 is 7.15. The van der Waals surface area contributed by atoms with Gasteiger partial charge in [-0.2, -0.15) is 0 Å². The van der Waals surface area contributed by atoms with Crippen LogP contribution in [0.4, 0.5) is 11.4 Å². The van der Waals surface area contributed by atoms with Gasteiger partial charge in [0.05, 0.1) is 10.6 Å². The monoisotopic (exact) mass is 290 g/mol. The van der Waals surface area contributed by atoms with Crippen LogP contribution in [0, 0.1) is 10.1 Å². The summed E-state index contributed by atoms with van der Waals surface area (Å²) in [6.07, 6.45) is 2.80. The quantitative estimate of drug-likeness (QED) is 0.467. The number of rotatable bonds is 6. The highest BCUT2D eigenvalue weighted by molar-refractivity contribution is 5.36. The predicted octanol–water partition coefficient (Wildman–Crippen LogP) is 0.904. The maximum absolute atomic E-state index is 10.5. The minimum Gasteiger partial charge on any atom is -0.491 e. The van der Waals surface area contributed by atoms with Crippen LogP contribution in [-0.4, -0.2) is 22.7 Å². The zero-order chi connectivity index (χ0) is 15.2. The average Bonchev–Trinajstić information content (AvgIpc) is 2.45. The van der Waals surface area contributed by atoms with Crippen molar-refractivity contribution in [3.8, 4) is 5.75 Å². The number of non-ortho nitro benzene ring substituents is 1. The second-order valence-corrected chi connectivity index (χ2v) is 4.55. The van der Waals surface area contributed by atoms with Crippen LogP contribution in [-0.2, 0) is 6.54 Å². The number of nitro benzene ring substituents is 1. The van der Waals surface area contributed by atoms with Gasteiger partial charge < -0.3 is 15.6 Å². The van der Waals surface area contributed by atoms with E-state index in [2.05, 4.69) is 0 Å². The Kier molecular flexibility index (Phi) is 4.68. The summed E-state index contributed by atoms with van der Waals surface area (Å²) >= 11 is 0. The van der Waals surface area contributed by atoms with E-state index in [0.29, 0.717) is 18.0 Å². The number of nitrogen functional groups attached to an aromatic ring is 1. The molecule has 0 fully saturated rings. The van der Waals surface area contributed by atoms with Gasteiger partial charge in [0.25, 0.3) is 5.69 Å². The van der Waals surface area contributed by atoms with Crippen LogP contribution in [0.1, 0.15) is 0 Å². The molecule has 0 saturated carbocycles. The topological polar surface area (TPSA) is 102 Å². The summed E-state index contributed by atoms with van der Waals surface area (Å²) in [5.74, 6) is 0.470. The lowest BCUT2D eigenvalue weighted by molar-refractivity contribution is -0.703. The van der Waals surface area contributed by atoms with E-state index in [4.69, 9.17) is 10.5 Å². The molecule has 2 rings (SSSR count). The molecule has 1 aromatic carbocycles. The minimum absolute atomic E-state index is 0.00165. The second-order valence-electron chi connectivity index (χ2n) is 4.55. The Bertz CT molecular complexity index is 616. The molecule has 3 N–H and O–H groups in total. The average molecular weight is 290 g/mol. The minimum atomic E-state index is -0.716. The predicted molar refractivity (Wildman–Crippen MR) is 75.6 cm³/mol. The molecule has 7 heteroatoms. The largest absolute Gasteiger partial charge is 0.491 e. The highest BCUT2D eigenvalue weighted by Crippen LogP contribution is 2.17. The normalized spacial score (nSPS) is 11.9. The van der Waals surface area contributed by atoms with Crippen molar-refractivity contribution in [2.24, 2.45) is 0 Å². The molecule has 2 aromatic rings. The number of anilines is 1. The molecule has 1 heterocycles. The number of hydrogen-bond donors (Lipinski definition) is 2. The first-order valence-electron chi connectivity index (χ1n) is 6.34. The number of nitro groups is 1. The number of benzene rings is 1. The van der Waals surface area contributed by atoms with E-state index < -0.39 is 11.0 Å². The van der Waals surface area contributed by atoms with Crippen molar-refractivity contribution in [1.29, 1.82) is 0 Å². The number of nitrogens with zero attached hydrogens (tertiary/aromatic N) is 2. The summed E-state index contributed by atoms with van der Waals surface area (Å²) in [5, 5.41) is 20.4. The van der Waals surface area contributed by atoms with Gasteiger partial charge in [-0.1, -0.05) is 0 Å². The van der Waals surface area contributed by atoms with Crippen LogP contribution in [0.5, 0.6) is 5.75 Å². The molecule has 110 valence electrons. The molecule has 1 unspecified atom stereocenters. The smallest absolute Gasteiger partial charge is 0.269 e. The van der Waals surface area contributed by atoms with Crippen molar-refractivity contribution in [2.75, 3.05) is 12.3 Å². The molecule has 0 radical (unpaired) electrons. The van der Waals surface area contributed by atoms with Crippen molar-refractivity contribution >= 4 is 11.4 Å². The number of hydrogen-bond acceptors (Lipinski definition) is 5. The summed E-state index contributed by atoms with van der Waals surface area (Å²) in [4.78, 5) is 10.0. The van der Waals surface area contributed by atoms with Crippen molar-refractivity contribution in [3.05, 3.63) is 58.9 Å². The SMILES string of the molecule is Nc1ccc[n+](CC(O)COc2ccc([N+](=O)[O-])cc2)c1. The van der Waals surface area contributed by atoms with Crippen LogP contribution in [0.3, 0.4) is 0 Å². The van der Waals surface area contributed by atoms with Gasteiger partial charge in [-0.3, -0.25) is 10.1 Å². The van der Waals surface area contributed by atoms with E-state index in [-0.39, 0.29) is 12.3 Å². The highest BCUT2D eigenvalue weighted by atomic mass is 16.6. The Morgan fingerprint density at radius 1 is 1.33 bits per heavy atom. The standard InChI is InChI=1S/C14H16N3O4/c15-11-2-1-7-16(8-11)9-13(18)10-21-14-5-3-12(4-6-14)17(19)20/h1-8,13,18H,9-10,15H2/q+1. The van der Waals surface area contributed by atoms with E-state index in [1.165, 1.54) is 24.3 Å². The summed E-state index contributed by atoms with van der Waals surface area (Å²) in [6, 6.07) is 9.26. The fourth-order valence-electron chi connectivity index (χ4n) is 1.81. The van der Waals surface area contributed by atoms with Gasteiger partial charge in [-0.05, 0) is 18.2 Å². The van der Waals surface area contributed by atoms with E-state index in [0.717, 1.165) is 0 Å². The fourth-order valence-corrected chi connectivity index (χ4v) is 1.81. The molecule has 0 saturated heterocycles. The van der Waals surface area contributed by atoms with Gasteiger partial charge in [0.1, 0.15) is 18.5 Å². The summed E-state index contributed by atoms with van der Waals surface area (Å²) in [7, 11) is 0. The summed E-state index contributed by atoms with van der Waals surface area (Å²) in [5.41, 5.74) is 6.26. The molecular weight excluding hydrogens is 274 g/mol. The maximum atomic E-state index is 10.5. The third kappa shape index (κ3) is 4.43. The molecule has 0 aliphatic heterocycles. The van der Waals surface area contributed by atoms with Crippen LogP contribution < -0.4 is 15.0 Å². The first kappa shape index (κ1) is 14.7. The van der Waals surface area contributed by atoms with E-state index >= 15 is 0 Å². The Morgan fingerprint density at radius 2 is 2.05 bits per heavy atom. The fraction of sp³-hybridized carbons (Fsp3) is 0.214. The van der Waals surface area contributed by atoms with Gasteiger partial charge in [0.2, 0.25) is 0 Å². The zero-order valence-electron chi connectivity index (χ0n) is 11.3. The lowest BCUT2D eigenvalue weighted by Gasteiger charge is -2.10. The van der Waals surface area contributed by atoms with Crippen molar-refractivity contribution in [1.82, 2.24) is 0 Å². The molecule has 0 amide bonds. The van der Waals surface area contributed by atoms with Gasteiger partial charge in [0.15, 0.2) is 18.9 Å². The van der Waals surface area contributed by atoms with E-state index in [9.17, 15) is 15.2 Å². The zero-order valence-corrected chi connectivity index (χ0v) is 11.3. The maximum Gasteiger partial charge on any atom is 0.269 e. The second kappa shape index (κ2) is 6.67. The van der Waals surface area contributed by atoms with Gasteiger partial charge in [-0.25, -0.2) is 4.57 Å². The molecule has 21 heavy (non-hydrogen) atoms. The molecule has 0 aliphatic carbocycles. The molecule has 0 spiro atoms. The van der Waals surface area contributed by atoms with Gasteiger partial charge in [0, 0.05) is 18.2 Å². The first-order chi connectivity index (χ1) is 10.0. The number of aliphatic hydroxyl groups excluding tert-OH is 1. The number of aromatic nitrogens is 1. The van der Waals surface area contributed by atoms with Crippen molar-refractivity contribution < 1.29 is 19.3 Å². The Labute approximate surface area is 121 Å². The number of nitrogens with two attached hydrogens (primary N) is 1. The van der Waals surface area contributed by atoms with Crippen LogP contribution in [0.15, 0.2) is 48.8 Å². The Morgan fingerprint density at radius 3 is 2.67 bits per heavy atom. The number of pyridine rings is 1. The number of ether oxygens (including phenoxy) is 1. The third-order valence-electron chi connectivity index (χ3n) is 2.79. The van der Waals surface area contributed by atoms with Crippen molar-refractivity contribution in [2.45, 2.75) is 12.6 Å². The lowest BCUT2D eigenvalue weighted by Crippen LogP contribution is -2.41. The lowest BCUT2D eigenvalue weighted by atomic mass is 10.3.